The first-order valence-electron chi connectivity index (χ1n) is 12.3. The second-order valence-electron chi connectivity index (χ2n) is 8.64. The minimum Gasteiger partial charge on any atom is -0.332 e. The Hall–Kier alpha value is -5.04. The number of benzene rings is 1. The first-order valence-corrected chi connectivity index (χ1v) is 12.3. The van der Waals surface area contributed by atoms with Crippen LogP contribution in [0, 0.1) is 6.92 Å². The predicted molar refractivity (Wildman–Crippen MR) is 151 cm³/mol. The van der Waals surface area contributed by atoms with E-state index in [1.54, 1.807) is 24.8 Å². The lowest BCUT2D eigenvalue weighted by atomic mass is 10.0. The Kier molecular flexibility index (Phi) is 7.65. The van der Waals surface area contributed by atoms with Crippen molar-refractivity contribution in [2.75, 3.05) is 7.05 Å². The van der Waals surface area contributed by atoms with E-state index in [2.05, 4.69) is 50.3 Å². The zero-order valence-electron chi connectivity index (χ0n) is 21.3. The largest absolute Gasteiger partial charge is 0.332 e. The first-order chi connectivity index (χ1) is 18.7. The molecule has 1 aliphatic rings. The van der Waals surface area contributed by atoms with E-state index in [1.165, 1.54) is 0 Å². The lowest BCUT2D eigenvalue weighted by molar-refractivity contribution is 0.382. The quantitative estimate of drug-likeness (QED) is 0.315. The number of pyridine rings is 4. The summed E-state index contributed by atoms with van der Waals surface area (Å²) in [5.74, 6) is 1.36. The van der Waals surface area contributed by atoms with Crippen LogP contribution >= 0.6 is 0 Å². The van der Waals surface area contributed by atoms with Crippen LogP contribution in [0.5, 0.6) is 0 Å². The molecule has 4 aromatic heterocycles. The van der Waals surface area contributed by atoms with Gasteiger partial charge in [0, 0.05) is 43.7 Å². The molecule has 0 bridgehead atoms. The molecule has 7 nitrogen and oxygen atoms in total. The van der Waals surface area contributed by atoms with Crippen LogP contribution in [0.15, 0.2) is 132 Å². The summed E-state index contributed by atoms with van der Waals surface area (Å²) in [7, 11) is 1.99. The molecule has 0 amide bonds. The van der Waals surface area contributed by atoms with Gasteiger partial charge in [-0.05, 0) is 66.1 Å². The van der Waals surface area contributed by atoms with E-state index >= 15 is 0 Å². The number of amidine groups is 2. The van der Waals surface area contributed by atoms with Gasteiger partial charge in [0.1, 0.15) is 11.4 Å². The van der Waals surface area contributed by atoms with Crippen molar-refractivity contribution in [1.82, 2.24) is 24.8 Å². The van der Waals surface area contributed by atoms with E-state index in [9.17, 15) is 0 Å². The van der Waals surface area contributed by atoms with Crippen LogP contribution in [0.2, 0.25) is 0 Å². The summed E-state index contributed by atoms with van der Waals surface area (Å²) in [5.41, 5.74) is 5.86. The van der Waals surface area contributed by atoms with Crippen LogP contribution in [0.4, 0.5) is 0 Å². The SMILES string of the molecule is CN1C(c2ccccn2)=NC(c2ccccn2)=NC1c1ccc(-c2cccnc2)cc1.Cc1ccccn1. The van der Waals surface area contributed by atoms with Crippen molar-refractivity contribution in [2.45, 2.75) is 13.1 Å². The molecule has 0 spiro atoms. The van der Waals surface area contributed by atoms with E-state index < -0.39 is 0 Å². The van der Waals surface area contributed by atoms with Crippen molar-refractivity contribution >= 4 is 11.7 Å². The highest BCUT2D eigenvalue weighted by Crippen LogP contribution is 2.29. The van der Waals surface area contributed by atoms with E-state index in [0.717, 1.165) is 39.6 Å². The third-order valence-corrected chi connectivity index (χ3v) is 5.96. The summed E-state index contributed by atoms with van der Waals surface area (Å²) in [4.78, 5) is 28.9. The van der Waals surface area contributed by atoms with E-state index in [0.29, 0.717) is 5.84 Å². The maximum absolute atomic E-state index is 4.93. The number of aryl methyl sites for hydroxylation is 1. The summed E-state index contributed by atoms with van der Waals surface area (Å²) >= 11 is 0. The second-order valence-corrected chi connectivity index (χ2v) is 8.64. The lowest BCUT2D eigenvalue weighted by Gasteiger charge is -2.31. The second kappa shape index (κ2) is 11.8. The van der Waals surface area contributed by atoms with Gasteiger partial charge in [0.15, 0.2) is 17.8 Å². The third kappa shape index (κ3) is 5.84. The Morgan fingerprint density at radius 2 is 1.32 bits per heavy atom. The first kappa shape index (κ1) is 24.6. The molecule has 0 saturated heterocycles. The van der Waals surface area contributed by atoms with E-state index in [1.807, 2.05) is 85.7 Å². The summed E-state index contributed by atoms with van der Waals surface area (Å²) in [6.07, 6.45) is 8.72. The molecule has 0 radical (unpaired) electrons. The van der Waals surface area contributed by atoms with Crippen LogP contribution in [0.1, 0.15) is 28.8 Å². The maximum Gasteiger partial charge on any atom is 0.178 e. The molecule has 5 heterocycles. The molecule has 5 aromatic rings. The minimum atomic E-state index is -0.241. The standard InChI is InChI=1S/C25H20N6.C6H7N/c1-31-24(19-12-10-18(11-13-19)20-7-6-14-26-17-20)29-23(21-8-2-4-15-27-21)30-25(31)22-9-3-5-16-28-22;1-6-4-2-3-5-7-6/h2-17,24H,1H3;2-5H,1H3. The summed E-state index contributed by atoms with van der Waals surface area (Å²) in [6.45, 7) is 1.97. The summed E-state index contributed by atoms with van der Waals surface area (Å²) in [5, 5.41) is 0. The zero-order chi connectivity index (χ0) is 26.2. The van der Waals surface area contributed by atoms with Crippen molar-refractivity contribution in [2.24, 2.45) is 9.98 Å². The van der Waals surface area contributed by atoms with Crippen molar-refractivity contribution in [3.05, 3.63) is 145 Å². The number of nitrogens with zero attached hydrogens (tertiary/aromatic N) is 7. The van der Waals surface area contributed by atoms with Gasteiger partial charge in [0.25, 0.3) is 0 Å². The molecule has 1 unspecified atom stereocenters. The molecule has 0 N–H and O–H groups in total. The average Bonchev–Trinajstić information content (AvgIpc) is 2.99. The van der Waals surface area contributed by atoms with Crippen LogP contribution < -0.4 is 0 Å². The molecule has 0 aliphatic carbocycles. The van der Waals surface area contributed by atoms with Gasteiger partial charge in [-0.3, -0.25) is 19.9 Å². The van der Waals surface area contributed by atoms with E-state index in [4.69, 9.17) is 9.98 Å². The molecular weight excluding hydrogens is 470 g/mol. The molecule has 7 heteroatoms. The van der Waals surface area contributed by atoms with Gasteiger partial charge in [-0.15, -0.1) is 0 Å². The normalized spacial score (nSPS) is 14.6. The minimum absolute atomic E-state index is 0.241. The van der Waals surface area contributed by atoms with E-state index in [-0.39, 0.29) is 6.17 Å². The molecule has 0 fully saturated rings. The van der Waals surface area contributed by atoms with Crippen molar-refractivity contribution in [3.8, 4) is 11.1 Å². The van der Waals surface area contributed by atoms with Gasteiger partial charge in [-0.2, -0.15) is 0 Å². The average molecular weight is 498 g/mol. The third-order valence-electron chi connectivity index (χ3n) is 5.96. The predicted octanol–water partition coefficient (Wildman–Crippen LogP) is 5.77. The van der Waals surface area contributed by atoms with Crippen molar-refractivity contribution in [1.29, 1.82) is 0 Å². The van der Waals surface area contributed by atoms with Crippen molar-refractivity contribution < 1.29 is 0 Å². The Labute approximate surface area is 222 Å². The number of hydrogen-bond acceptors (Lipinski definition) is 7. The van der Waals surface area contributed by atoms with Gasteiger partial charge in [-0.25, -0.2) is 9.98 Å². The Morgan fingerprint density at radius 3 is 1.87 bits per heavy atom. The van der Waals surface area contributed by atoms with Gasteiger partial charge < -0.3 is 4.90 Å². The van der Waals surface area contributed by atoms with Crippen LogP contribution in [-0.2, 0) is 0 Å². The summed E-state index contributed by atoms with van der Waals surface area (Å²) in [6, 6.07) is 29.8. The molecule has 38 heavy (non-hydrogen) atoms. The van der Waals surface area contributed by atoms with Gasteiger partial charge >= 0.3 is 0 Å². The fourth-order valence-electron chi connectivity index (χ4n) is 4.01. The molecule has 1 aliphatic heterocycles. The molecule has 1 atom stereocenters. The highest BCUT2D eigenvalue weighted by Gasteiger charge is 2.27. The topological polar surface area (TPSA) is 79.5 Å². The van der Waals surface area contributed by atoms with Crippen LogP contribution in [0.3, 0.4) is 0 Å². The maximum atomic E-state index is 4.93. The smallest absolute Gasteiger partial charge is 0.178 e. The number of hydrogen-bond donors (Lipinski definition) is 0. The number of rotatable bonds is 4. The monoisotopic (exact) mass is 497 g/mol. The van der Waals surface area contributed by atoms with Gasteiger partial charge in [0.05, 0.1) is 0 Å². The van der Waals surface area contributed by atoms with Gasteiger partial charge in [-0.1, -0.05) is 48.5 Å². The molecule has 1 aromatic carbocycles. The van der Waals surface area contributed by atoms with Crippen LogP contribution in [0.25, 0.3) is 11.1 Å². The van der Waals surface area contributed by atoms with Crippen LogP contribution in [-0.4, -0.2) is 43.6 Å². The molecule has 186 valence electrons. The summed E-state index contributed by atoms with van der Waals surface area (Å²) < 4.78 is 0. The number of aromatic nitrogens is 4. The highest BCUT2D eigenvalue weighted by molar-refractivity contribution is 6.11. The zero-order valence-corrected chi connectivity index (χ0v) is 21.3. The Bertz CT molecular complexity index is 1500. The fourth-order valence-corrected chi connectivity index (χ4v) is 4.01. The highest BCUT2D eigenvalue weighted by atomic mass is 15.3. The molecular formula is C31H27N7. The van der Waals surface area contributed by atoms with Crippen molar-refractivity contribution in [3.63, 3.8) is 0 Å². The fraction of sp³-hybridized carbons (Fsp3) is 0.0968. The number of aliphatic imine (C=N–C) groups is 2. The molecule has 6 rings (SSSR count). The molecule has 0 saturated carbocycles. The Morgan fingerprint density at radius 1 is 0.632 bits per heavy atom. The van der Waals surface area contributed by atoms with Gasteiger partial charge in [0.2, 0.25) is 0 Å². The lowest BCUT2D eigenvalue weighted by Crippen LogP contribution is -2.36. The Balaban J connectivity index is 0.000000366.